The van der Waals surface area contributed by atoms with Crippen LogP contribution in [0.5, 0.6) is 5.75 Å². The fourth-order valence-corrected chi connectivity index (χ4v) is 4.77. The normalized spacial score (nSPS) is 20.0. The van der Waals surface area contributed by atoms with Crippen molar-refractivity contribution < 1.29 is 4.74 Å². The van der Waals surface area contributed by atoms with Gasteiger partial charge >= 0.3 is 0 Å². The summed E-state index contributed by atoms with van der Waals surface area (Å²) in [5.41, 5.74) is 7.11. The van der Waals surface area contributed by atoms with E-state index in [1.54, 1.807) is 11.3 Å². The number of aromatic nitrogens is 1. The van der Waals surface area contributed by atoms with E-state index >= 15 is 0 Å². The summed E-state index contributed by atoms with van der Waals surface area (Å²) in [6.45, 7) is 6.63. The Hall–Kier alpha value is -1.63. The second-order valence-corrected chi connectivity index (χ2v) is 8.89. The minimum absolute atomic E-state index is 0.320. The van der Waals surface area contributed by atoms with Gasteiger partial charge < -0.3 is 10.5 Å². The fraction of sp³-hybridized carbons (Fsp3) is 0.571. The lowest BCUT2D eigenvalue weighted by Crippen LogP contribution is -2.37. The van der Waals surface area contributed by atoms with E-state index in [-0.39, 0.29) is 0 Å². The van der Waals surface area contributed by atoms with Gasteiger partial charge in [0, 0.05) is 37.3 Å². The molecule has 0 bridgehead atoms. The second-order valence-electron chi connectivity index (χ2n) is 7.74. The average Bonchev–Trinajstić information content (AvgIpc) is 3.10. The Kier molecular flexibility index (Phi) is 6.27. The van der Waals surface area contributed by atoms with Crippen LogP contribution in [0, 0.1) is 0 Å². The first-order chi connectivity index (χ1) is 13.2. The summed E-state index contributed by atoms with van der Waals surface area (Å²) in [7, 11) is 0. The van der Waals surface area contributed by atoms with Crippen molar-refractivity contribution in [2.45, 2.75) is 51.3 Å². The fourth-order valence-electron chi connectivity index (χ4n) is 4.04. The van der Waals surface area contributed by atoms with E-state index in [1.165, 1.54) is 42.8 Å². The molecule has 4 rings (SSSR count). The first-order valence-electron chi connectivity index (χ1n) is 10.1. The monoisotopic (exact) mass is 386 g/mol. The van der Waals surface area contributed by atoms with Gasteiger partial charge in [-0.05, 0) is 56.5 Å². The Morgan fingerprint density at radius 2 is 1.67 bits per heavy atom. The first kappa shape index (κ1) is 18.7. The van der Waals surface area contributed by atoms with Crippen LogP contribution in [0.15, 0.2) is 30.5 Å². The van der Waals surface area contributed by atoms with Crippen LogP contribution in [0.1, 0.15) is 42.5 Å². The van der Waals surface area contributed by atoms with Crippen LogP contribution in [0.3, 0.4) is 0 Å². The Morgan fingerprint density at radius 3 is 2.33 bits per heavy atom. The molecule has 0 amide bonds. The van der Waals surface area contributed by atoms with E-state index in [1.807, 2.05) is 6.20 Å². The number of hydrogen-bond donors (Lipinski definition) is 1. The third kappa shape index (κ3) is 5.43. The summed E-state index contributed by atoms with van der Waals surface area (Å²) in [6, 6.07) is 8.75. The Labute approximate surface area is 166 Å². The zero-order chi connectivity index (χ0) is 18.5. The number of piperidine rings is 2. The van der Waals surface area contributed by atoms with Crippen LogP contribution in [-0.4, -0.2) is 47.1 Å². The maximum atomic E-state index is 6.23. The van der Waals surface area contributed by atoms with Crippen LogP contribution in [0.25, 0.3) is 0 Å². The highest BCUT2D eigenvalue weighted by atomic mass is 32.1. The quantitative estimate of drug-likeness (QED) is 0.819. The number of thiazole rings is 1. The third-order valence-electron chi connectivity index (χ3n) is 5.57. The van der Waals surface area contributed by atoms with Gasteiger partial charge in [0.25, 0.3) is 0 Å². The van der Waals surface area contributed by atoms with Gasteiger partial charge in [-0.2, -0.15) is 0 Å². The highest BCUT2D eigenvalue weighted by molar-refractivity contribution is 7.15. The van der Waals surface area contributed by atoms with Gasteiger partial charge in [0.1, 0.15) is 11.9 Å². The van der Waals surface area contributed by atoms with Crippen molar-refractivity contribution in [1.29, 1.82) is 0 Å². The van der Waals surface area contributed by atoms with Crippen LogP contribution < -0.4 is 10.5 Å². The molecule has 146 valence electrons. The molecule has 3 heterocycles. The lowest BCUT2D eigenvalue weighted by molar-refractivity contribution is 0.0973. The second kappa shape index (κ2) is 9.04. The molecule has 0 spiro atoms. The van der Waals surface area contributed by atoms with Gasteiger partial charge in [-0.3, -0.25) is 9.80 Å². The summed E-state index contributed by atoms with van der Waals surface area (Å²) < 4.78 is 6.23. The number of nitrogens with zero attached hydrogens (tertiary/aromatic N) is 3. The molecule has 0 saturated carbocycles. The van der Waals surface area contributed by atoms with E-state index in [0.29, 0.717) is 11.2 Å². The van der Waals surface area contributed by atoms with Gasteiger partial charge in [-0.1, -0.05) is 18.6 Å². The van der Waals surface area contributed by atoms with E-state index in [2.05, 4.69) is 39.0 Å². The standard InChI is InChI=1S/C21H30N4OS/c22-21-23-14-20(27-21)16-25-12-8-19(9-13-25)26-18-6-4-17(5-7-18)15-24-10-2-1-3-11-24/h4-7,14,19H,1-3,8-13,15-16H2,(H2,22,23). The maximum absolute atomic E-state index is 6.23. The van der Waals surface area contributed by atoms with E-state index < -0.39 is 0 Å². The maximum Gasteiger partial charge on any atom is 0.180 e. The summed E-state index contributed by atoms with van der Waals surface area (Å²) in [5, 5.41) is 0.659. The van der Waals surface area contributed by atoms with Crippen molar-refractivity contribution in [2.75, 3.05) is 31.9 Å². The molecule has 27 heavy (non-hydrogen) atoms. The lowest BCUT2D eigenvalue weighted by Gasteiger charge is -2.31. The van der Waals surface area contributed by atoms with E-state index in [0.717, 1.165) is 44.8 Å². The molecule has 0 radical (unpaired) electrons. The van der Waals surface area contributed by atoms with Crippen LogP contribution in [0.2, 0.25) is 0 Å². The van der Waals surface area contributed by atoms with Crippen LogP contribution in [0.4, 0.5) is 5.13 Å². The number of ether oxygens (including phenoxy) is 1. The molecular weight excluding hydrogens is 356 g/mol. The van der Waals surface area contributed by atoms with Crippen molar-refractivity contribution in [1.82, 2.24) is 14.8 Å². The minimum atomic E-state index is 0.320. The number of hydrogen-bond acceptors (Lipinski definition) is 6. The van der Waals surface area contributed by atoms with Gasteiger partial charge in [-0.15, -0.1) is 11.3 Å². The van der Waals surface area contributed by atoms with Crippen molar-refractivity contribution in [3.8, 4) is 5.75 Å². The molecule has 0 atom stereocenters. The number of anilines is 1. The largest absolute Gasteiger partial charge is 0.490 e. The highest BCUT2D eigenvalue weighted by Crippen LogP contribution is 2.23. The van der Waals surface area contributed by atoms with Gasteiger partial charge in [0.15, 0.2) is 5.13 Å². The topological polar surface area (TPSA) is 54.6 Å². The molecule has 0 aliphatic carbocycles. The third-order valence-corrected chi connectivity index (χ3v) is 6.38. The van der Waals surface area contributed by atoms with Crippen molar-refractivity contribution in [2.24, 2.45) is 0 Å². The Balaban J connectivity index is 1.21. The Bertz CT molecular complexity index is 703. The molecule has 2 aromatic rings. The van der Waals surface area contributed by atoms with Crippen LogP contribution >= 0.6 is 11.3 Å². The molecule has 5 nitrogen and oxygen atoms in total. The SMILES string of the molecule is Nc1ncc(CN2CCC(Oc3ccc(CN4CCCCC4)cc3)CC2)s1. The number of nitrogen functional groups attached to an aromatic ring is 1. The molecule has 2 fully saturated rings. The number of nitrogens with two attached hydrogens (primary N) is 1. The summed E-state index contributed by atoms with van der Waals surface area (Å²) in [5.74, 6) is 1.01. The average molecular weight is 387 g/mol. The molecule has 2 aliphatic rings. The van der Waals surface area contributed by atoms with Gasteiger partial charge in [0.05, 0.1) is 0 Å². The molecule has 2 N–H and O–H groups in total. The van der Waals surface area contributed by atoms with Crippen molar-refractivity contribution in [3.05, 3.63) is 40.9 Å². The molecule has 1 aromatic carbocycles. The number of benzene rings is 1. The summed E-state index contributed by atoms with van der Waals surface area (Å²) >= 11 is 1.59. The van der Waals surface area contributed by atoms with Crippen molar-refractivity contribution in [3.63, 3.8) is 0 Å². The minimum Gasteiger partial charge on any atom is -0.490 e. The zero-order valence-electron chi connectivity index (χ0n) is 16.0. The van der Waals surface area contributed by atoms with E-state index in [4.69, 9.17) is 10.5 Å². The van der Waals surface area contributed by atoms with Crippen molar-refractivity contribution >= 4 is 16.5 Å². The zero-order valence-corrected chi connectivity index (χ0v) is 16.8. The summed E-state index contributed by atoms with van der Waals surface area (Å²) in [4.78, 5) is 10.4. The smallest absolute Gasteiger partial charge is 0.180 e. The number of rotatable bonds is 6. The van der Waals surface area contributed by atoms with Gasteiger partial charge in [-0.25, -0.2) is 4.98 Å². The molecular formula is C21H30N4OS. The highest BCUT2D eigenvalue weighted by Gasteiger charge is 2.21. The van der Waals surface area contributed by atoms with Gasteiger partial charge in [0.2, 0.25) is 0 Å². The predicted molar refractivity (Wildman–Crippen MR) is 111 cm³/mol. The lowest BCUT2D eigenvalue weighted by atomic mass is 10.1. The number of likely N-dealkylation sites (tertiary alicyclic amines) is 2. The Morgan fingerprint density at radius 1 is 0.963 bits per heavy atom. The van der Waals surface area contributed by atoms with Crippen LogP contribution in [-0.2, 0) is 13.1 Å². The molecule has 2 aliphatic heterocycles. The van der Waals surface area contributed by atoms with E-state index in [9.17, 15) is 0 Å². The first-order valence-corrected chi connectivity index (χ1v) is 11.0. The summed E-state index contributed by atoms with van der Waals surface area (Å²) in [6.07, 6.45) is 8.44. The molecule has 6 heteroatoms. The molecule has 2 saturated heterocycles. The molecule has 0 unspecified atom stereocenters. The predicted octanol–water partition coefficient (Wildman–Crippen LogP) is 3.75. The molecule has 1 aromatic heterocycles.